The van der Waals surface area contributed by atoms with Crippen LogP contribution in [0.2, 0.25) is 0 Å². The zero-order valence-corrected chi connectivity index (χ0v) is 8.60. The van der Waals surface area contributed by atoms with E-state index >= 15 is 0 Å². The lowest BCUT2D eigenvalue weighted by atomic mass is 10.0. The molecule has 1 heterocycles. The quantitative estimate of drug-likeness (QED) is 0.661. The van der Waals surface area contributed by atoms with Crippen LogP contribution in [-0.4, -0.2) is 6.10 Å². The first-order chi connectivity index (χ1) is 5.77. The van der Waals surface area contributed by atoms with E-state index in [9.17, 15) is 0 Å². The molecule has 0 aliphatic carbocycles. The van der Waals surface area contributed by atoms with Gasteiger partial charge in [-0.15, -0.1) is 0 Å². The monoisotopic (exact) mass is 226 g/mol. The Kier molecular flexibility index (Phi) is 2.09. The summed E-state index contributed by atoms with van der Waals surface area (Å²) in [5.74, 6) is 1.04. The van der Waals surface area contributed by atoms with E-state index in [2.05, 4.69) is 28.9 Å². The van der Waals surface area contributed by atoms with E-state index in [1.807, 2.05) is 12.1 Å². The maximum Gasteiger partial charge on any atom is 0.124 e. The predicted octanol–water partition coefficient (Wildman–Crippen LogP) is 3.16. The molecule has 2 heteroatoms. The largest absolute Gasteiger partial charge is 0.490 e. The zero-order valence-electron chi connectivity index (χ0n) is 7.01. The van der Waals surface area contributed by atoms with Crippen LogP contribution < -0.4 is 4.74 Å². The minimum absolute atomic E-state index is 0.367. The molecule has 1 aliphatic rings. The summed E-state index contributed by atoms with van der Waals surface area (Å²) in [5, 5.41) is 0. The van der Waals surface area contributed by atoms with Crippen molar-refractivity contribution in [3.05, 3.63) is 28.2 Å². The molecule has 1 aromatic carbocycles. The van der Waals surface area contributed by atoms with E-state index in [1.54, 1.807) is 0 Å². The molecule has 0 N–H and O–H groups in total. The first-order valence-electron chi connectivity index (χ1n) is 4.21. The zero-order chi connectivity index (χ0) is 8.55. The highest BCUT2D eigenvalue weighted by atomic mass is 79.9. The number of fused-ring (bicyclic) bond motifs is 1. The van der Waals surface area contributed by atoms with Crippen molar-refractivity contribution >= 4 is 15.9 Å². The van der Waals surface area contributed by atoms with Crippen LogP contribution >= 0.6 is 15.9 Å². The van der Waals surface area contributed by atoms with Gasteiger partial charge in [0, 0.05) is 10.0 Å². The second-order valence-corrected chi connectivity index (χ2v) is 4.04. The van der Waals surface area contributed by atoms with E-state index in [1.165, 1.54) is 10.0 Å². The van der Waals surface area contributed by atoms with Crippen LogP contribution in [0.15, 0.2) is 22.7 Å². The molecule has 1 nitrogen and oxygen atoms in total. The number of hydrogen-bond donors (Lipinski definition) is 0. The van der Waals surface area contributed by atoms with Crippen molar-refractivity contribution in [2.45, 2.75) is 25.9 Å². The molecule has 0 bridgehead atoms. The van der Waals surface area contributed by atoms with Crippen LogP contribution in [-0.2, 0) is 6.42 Å². The molecule has 0 amide bonds. The molecule has 1 aromatic rings. The van der Waals surface area contributed by atoms with Crippen LogP contribution in [0.25, 0.3) is 0 Å². The summed E-state index contributed by atoms with van der Waals surface area (Å²) in [5.41, 5.74) is 1.32. The third-order valence-corrected chi connectivity index (χ3v) is 2.95. The number of benzene rings is 1. The van der Waals surface area contributed by atoms with Crippen LogP contribution in [0.5, 0.6) is 5.75 Å². The lowest BCUT2D eigenvalue weighted by Crippen LogP contribution is -2.18. The Bertz CT molecular complexity index is 296. The van der Waals surface area contributed by atoms with Gasteiger partial charge >= 0.3 is 0 Å². The van der Waals surface area contributed by atoms with Gasteiger partial charge in [-0.1, -0.05) is 22.0 Å². The lowest BCUT2D eigenvalue weighted by molar-refractivity contribution is 0.192. The minimum atomic E-state index is 0.367. The Morgan fingerprint density at radius 1 is 1.50 bits per heavy atom. The second-order valence-electron chi connectivity index (χ2n) is 3.18. The van der Waals surface area contributed by atoms with Gasteiger partial charge in [0.25, 0.3) is 0 Å². The molecule has 0 fully saturated rings. The van der Waals surface area contributed by atoms with Crippen molar-refractivity contribution in [2.75, 3.05) is 0 Å². The molecule has 12 heavy (non-hydrogen) atoms. The number of ether oxygens (including phenoxy) is 1. The Labute approximate surface area is 80.9 Å². The summed E-state index contributed by atoms with van der Waals surface area (Å²) in [6, 6.07) is 6.12. The molecule has 0 aromatic heterocycles. The fourth-order valence-electron chi connectivity index (χ4n) is 1.52. The molecule has 64 valence electrons. The average molecular weight is 227 g/mol. The van der Waals surface area contributed by atoms with Crippen molar-refractivity contribution in [3.63, 3.8) is 0 Å². The van der Waals surface area contributed by atoms with Gasteiger partial charge in [0.1, 0.15) is 5.75 Å². The van der Waals surface area contributed by atoms with Crippen LogP contribution in [0.4, 0.5) is 0 Å². The van der Waals surface area contributed by atoms with E-state index in [4.69, 9.17) is 4.74 Å². The van der Waals surface area contributed by atoms with E-state index in [-0.39, 0.29) is 0 Å². The predicted molar refractivity (Wildman–Crippen MR) is 52.6 cm³/mol. The maximum absolute atomic E-state index is 5.68. The molecular formula is C10H11BrO. The third-order valence-electron chi connectivity index (χ3n) is 2.20. The molecular weight excluding hydrogens is 216 g/mol. The Morgan fingerprint density at radius 2 is 2.33 bits per heavy atom. The smallest absolute Gasteiger partial charge is 0.124 e. The van der Waals surface area contributed by atoms with E-state index in [0.717, 1.165) is 18.6 Å². The number of rotatable bonds is 0. The summed E-state index contributed by atoms with van der Waals surface area (Å²) < 4.78 is 6.86. The van der Waals surface area contributed by atoms with Gasteiger partial charge in [-0.25, -0.2) is 0 Å². The van der Waals surface area contributed by atoms with Crippen molar-refractivity contribution < 1.29 is 4.74 Å². The summed E-state index contributed by atoms with van der Waals surface area (Å²) in [6.45, 7) is 2.11. The maximum atomic E-state index is 5.68. The molecule has 1 atom stereocenters. The normalized spacial score (nSPS) is 21.3. The topological polar surface area (TPSA) is 9.23 Å². The highest BCUT2D eigenvalue weighted by molar-refractivity contribution is 9.10. The van der Waals surface area contributed by atoms with Crippen LogP contribution in [0, 0.1) is 0 Å². The summed E-state index contributed by atoms with van der Waals surface area (Å²) in [7, 11) is 0. The van der Waals surface area contributed by atoms with Crippen molar-refractivity contribution in [1.29, 1.82) is 0 Å². The van der Waals surface area contributed by atoms with Gasteiger partial charge in [-0.2, -0.15) is 0 Å². The van der Waals surface area contributed by atoms with Gasteiger partial charge in [0.05, 0.1) is 6.10 Å². The van der Waals surface area contributed by atoms with Gasteiger partial charge in [0.2, 0.25) is 0 Å². The van der Waals surface area contributed by atoms with Gasteiger partial charge < -0.3 is 4.74 Å². The standard InChI is InChI=1S/C10H11BrO/c1-7-5-6-8-9(11)3-2-4-10(8)12-7/h2-4,7H,5-6H2,1H3. The molecule has 0 saturated carbocycles. The average Bonchev–Trinajstić information content (AvgIpc) is 2.04. The molecule has 0 spiro atoms. The molecule has 0 saturated heterocycles. The SMILES string of the molecule is CC1CCc2c(Br)cccc2O1. The van der Waals surface area contributed by atoms with E-state index < -0.39 is 0 Å². The Balaban J connectivity index is 2.42. The van der Waals surface area contributed by atoms with Gasteiger partial charge in [-0.05, 0) is 31.9 Å². The fourth-order valence-corrected chi connectivity index (χ4v) is 2.06. The van der Waals surface area contributed by atoms with Crippen molar-refractivity contribution in [1.82, 2.24) is 0 Å². The Hall–Kier alpha value is -0.500. The molecule has 2 rings (SSSR count). The number of halogens is 1. The van der Waals surface area contributed by atoms with Crippen molar-refractivity contribution in [3.8, 4) is 5.75 Å². The molecule has 1 aliphatic heterocycles. The van der Waals surface area contributed by atoms with Gasteiger partial charge in [0.15, 0.2) is 0 Å². The van der Waals surface area contributed by atoms with Crippen LogP contribution in [0.3, 0.4) is 0 Å². The molecule has 0 radical (unpaired) electrons. The third kappa shape index (κ3) is 1.36. The summed E-state index contributed by atoms with van der Waals surface area (Å²) >= 11 is 3.52. The van der Waals surface area contributed by atoms with Crippen LogP contribution in [0.1, 0.15) is 18.9 Å². The highest BCUT2D eigenvalue weighted by Gasteiger charge is 2.17. The second kappa shape index (κ2) is 3.09. The summed E-state index contributed by atoms with van der Waals surface area (Å²) in [6.07, 6.45) is 2.61. The Morgan fingerprint density at radius 3 is 3.17 bits per heavy atom. The first-order valence-corrected chi connectivity index (χ1v) is 5.00. The summed E-state index contributed by atoms with van der Waals surface area (Å²) in [4.78, 5) is 0. The number of hydrogen-bond acceptors (Lipinski definition) is 1. The fraction of sp³-hybridized carbons (Fsp3) is 0.400. The molecule has 1 unspecified atom stereocenters. The van der Waals surface area contributed by atoms with Gasteiger partial charge in [-0.3, -0.25) is 0 Å². The van der Waals surface area contributed by atoms with Crippen molar-refractivity contribution in [2.24, 2.45) is 0 Å². The minimum Gasteiger partial charge on any atom is -0.490 e. The lowest BCUT2D eigenvalue weighted by Gasteiger charge is -2.23. The van der Waals surface area contributed by atoms with E-state index in [0.29, 0.717) is 6.10 Å². The first kappa shape index (κ1) is 8.11. The highest BCUT2D eigenvalue weighted by Crippen LogP contribution is 2.32.